The molecule has 23 heavy (non-hydrogen) atoms. The molecule has 0 saturated carbocycles. The molecule has 2 rings (SSSR count). The second-order valence-corrected chi connectivity index (χ2v) is 6.17. The molecule has 0 radical (unpaired) electrons. The zero-order valence-electron chi connectivity index (χ0n) is 11.4. The number of carbonyl (C=O) groups is 2. The highest BCUT2D eigenvalue weighted by atomic mass is 32.2. The number of carbonyl (C=O) groups excluding carboxylic acids is 1. The summed E-state index contributed by atoms with van der Waals surface area (Å²) in [5.41, 5.74) is 6.04. The number of halogens is 1. The molecule has 0 spiro atoms. The number of amides is 1. The van der Waals surface area contributed by atoms with Crippen LogP contribution in [0.2, 0.25) is 0 Å². The maximum absolute atomic E-state index is 13.9. The Balaban J connectivity index is 2.15. The van der Waals surface area contributed by atoms with Crippen molar-refractivity contribution in [3.63, 3.8) is 0 Å². The molecule has 8 nitrogen and oxygen atoms in total. The van der Waals surface area contributed by atoms with Crippen LogP contribution >= 0.6 is 11.3 Å². The molecule has 0 saturated heterocycles. The van der Waals surface area contributed by atoms with Gasteiger partial charge in [-0.15, -0.1) is 11.3 Å². The fraction of sp³-hybridized carbons (Fsp3) is 0.0833. The summed E-state index contributed by atoms with van der Waals surface area (Å²) in [6, 6.07) is 3.54. The first-order valence-electron chi connectivity index (χ1n) is 6.07. The fourth-order valence-electron chi connectivity index (χ4n) is 1.53. The van der Waals surface area contributed by atoms with Gasteiger partial charge >= 0.3 is 5.97 Å². The van der Waals surface area contributed by atoms with Crippen molar-refractivity contribution in [2.24, 2.45) is 5.73 Å². The first kappa shape index (κ1) is 17.1. The number of carboxylic acids is 1. The number of benzene rings is 1. The van der Waals surface area contributed by atoms with E-state index in [1.165, 1.54) is 17.6 Å². The molecule has 1 amide bonds. The number of nitrogens with zero attached hydrogens (tertiary/aromatic N) is 1. The Morgan fingerprint density at radius 2 is 2.22 bits per heavy atom. The molecule has 0 bridgehead atoms. The number of thiazole rings is 1. The zero-order valence-corrected chi connectivity index (χ0v) is 13.0. The van der Waals surface area contributed by atoms with Crippen LogP contribution in [0.25, 0.3) is 0 Å². The van der Waals surface area contributed by atoms with Crippen molar-refractivity contribution in [2.75, 3.05) is 16.6 Å². The van der Waals surface area contributed by atoms with Gasteiger partial charge in [0.15, 0.2) is 21.4 Å². The number of hydrogen-bond donors (Lipinski definition) is 4. The van der Waals surface area contributed by atoms with Crippen molar-refractivity contribution in [3.05, 3.63) is 35.2 Å². The zero-order chi connectivity index (χ0) is 17.0. The van der Waals surface area contributed by atoms with Crippen molar-refractivity contribution in [1.82, 2.24) is 4.98 Å². The molecule has 2 aromatic rings. The Labute approximate surface area is 136 Å². The summed E-state index contributed by atoms with van der Waals surface area (Å²) in [4.78, 5) is 25.7. The lowest BCUT2D eigenvalue weighted by atomic mass is 10.3. The summed E-state index contributed by atoms with van der Waals surface area (Å²) in [6.07, 6.45) is 0. The molecule has 11 heteroatoms. The lowest BCUT2D eigenvalue weighted by Crippen LogP contribution is -2.22. The van der Waals surface area contributed by atoms with Crippen molar-refractivity contribution < 1.29 is 23.6 Å². The van der Waals surface area contributed by atoms with E-state index in [0.29, 0.717) is 0 Å². The van der Waals surface area contributed by atoms with Gasteiger partial charge < -0.3 is 20.7 Å². The minimum Gasteiger partial charge on any atom is -0.588 e. The molecule has 0 fully saturated rings. The van der Waals surface area contributed by atoms with E-state index in [-0.39, 0.29) is 27.8 Å². The Morgan fingerprint density at radius 1 is 1.48 bits per heavy atom. The van der Waals surface area contributed by atoms with Crippen molar-refractivity contribution in [3.8, 4) is 0 Å². The Bertz CT molecular complexity index is 740. The van der Waals surface area contributed by atoms with Crippen molar-refractivity contribution in [1.29, 1.82) is 0 Å². The van der Waals surface area contributed by atoms with Crippen molar-refractivity contribution in [2.45, 2.75) is 4.90 Å². The van der Waals surface area contributed by atoms with Crippen LogP contribution in [0.1, 0.15) is 10.5 Å². The van der Waals surface area contributed by atoms with Gasteiger partial charge in [-0.25, -0.2) is 14.2 Å². The average molecular weight is 358 g/mol. The number of hydrogen-bond acceptors (Lipinski definition) is 7. The molecule has 1 aromatic heterocycles. The Morgan fingerprint density at radius 3 is 2.83 bits per heavy atom. The Hall–Kier alpha value is -2.21. The summed E-state index contributed by atoms with van der Waals surface area (Å²) < 4.78 is 28.5. The molecule has 0 aliphatic heterocycles. The number of carboxylic acid groups (broad SMARTS) is 1. The summed E-state index contributed by atoms with van der Waals surface area (Å²) in [5, 5.41) is 11.3. The molecular formula is C12H11FN4O4S2. The second-order valence-electron chi connectivity index (χ2n) is 4.10. The molecule has 1 unspecified atom stereocenters. The lowest BCUT2D eigenvalue weighted by Gasteiger charge is -2.11. The van der Waals surface area contributed by atoms with E-state index in [0.717, 1.165) is 17.4 Å². The smallest absolute Gasteiger partial charge is 0.357 e. The van der Waals surface area contributed by atoms with E-state index < -0.39 is 29.1 Å². The van der Waals surface area contributed by atoms with Gasteiger partial charge in [-0.2, -0.15) is 4.72 Å². The number of rotatable bonds is 6. The standard InChI is InChI=1S/C12H11FN4O4S2/c13-7-3-6(1-2-8(7)16-9(18)4-14)23(21)17-11-10(12(19)20)15-5-22-11/h1-3,5,17H,4,14H2,(H,16,18)(H,19,20). The minimum atomic E-state index is -1.89. The average Bonchev–Trinajstić information content (AvgIpc) is 2.97. The summed E-state index contributed by atoms with van der Waals surface area (Å²) in [6.45, 7) is -0.294. The minimum absolute atomic E-state index is 0.0676. The maximum atomic E-state index is 13.9. The normalized spacial score (nSPS) is 11.8. The third kappa shape index (κ3) is 4.16. The fourth-order valence-corrected chi connectivity index (χ4v) is 3.25. The van der Waals surface area contributed by atoms with Crippen LogP contribution in [-0.4, -0.2) is 33.1 Å². The molecular weight excluding hydrogens is 347 g/mol. The first-order valence-corrected chi connectivity index (χ1v) is 8.10. The topological polar surface area (TPSA) is 140 Å². The van der Waals surface area contributed by atoms with Crippen LogP contribution in [0.3, 0.4) is 0 Å². The van der Waals surface area contributed by atoms with Crippen molar-refractivity contribution >= 4 is 45.3 Å². The van der Waals surface area contributed by atoms with Gasteiger partial charge in [-0.1, -0.05) is 0 Å². The van der Waals surface area contributed by atoms with Gasteiger partial charge in [-0.05, 0) is 12.1 Å². The first-order chi connectivity index (χ1) is 10.9. The van der Waals surface area contributed by atoms with E-state index in [4.69, 9.17) is 10.8 Å². The van der Waals surface area contributed by atoms with Gasteiger partial charge in [0.2, 0.25) is 5.91 Å². The molecule has 5 N–H and O–H groups in total. The van der Waals surface area contributed by atoms with Crippen LogP contribution < -0.4 is 15.8 Å². The molecule has 122 valence electrons. The predicted molar refractivity (Wildman–Crippen MR) is 83.2 cm³/mol. The van der Waals surface area contributed by atoms with Gasteiger partial charge in [0.05, 0.1) is 17.7 Å². The van der Waals surface area contributed by atoms with Crippen LogP contribution in [0.5, 0.6) is 0 Å². The third-order valence-corrected chi connectivity index (χ3v) is 4.51. The van der Waals surface area contributed by atoms with Crippen LogP contribution in [-0.2, 0) is 16.2 Å². The quantitative estimate of drug-likeness (QED) is 0.565. The highest BCUT2D eigenvalue weighted by molar-refractivity contribution is 7.93. The largest absolute Gasteiger partial charge is 0.588 e. The predicted octanol–water partition coefficient (Wildman–Crippen LogP) is 1.01. The maximum Gasteiger partial charge on any atom is 0.357 e. The van der Waals surface area contributed by atoms with E-state index in [9.17, 15) is 18.5 Å². The van der Waals surface area contributed by atoms with Crippen LogP contribution in [0.4, 0.5) is 15.1 Å². The summed E-state index contributed by atoms with van der Waals surface area (Å²) in [7, 11) is 0. The Kier molecular flexibility index (Phi) is 5.50. The number of anilines is 2. The molecule has 1 aromatic carbocycles. The highest BCUT2D eigenvalue weighted by Gasteiger charge is 2.21. The molecule has 0 aliphatic rings. The van der Waals surface area contributed by atoms with E-state index in [2.05, 4.69) is 15.0 Å². The second kappa shape index (κ2) is 7.37. The van der Waals surface area contributed by atoms with E-state index >= 15 is 0 Å². The van der Waals surface area contributed by atoms with Gasteiger partial charge in [0, 0.05) is 6.07 Å². The molecule has 0 aliphatic carbocycles. The highest BCUT2D eigenvalue weighted by Crippen LogP contribution is 2.25. The van der Waals surface area contributed by atoms with Crippen LogP contribution in [0, 0.1) is 5.82 Å². The summed E-state index contributed by atoms with van der Waals surface area (Å²) in [5.74, 6) is -2.62. The van der Waals surface area contributed by atoms with E-state index in [1.54, 1.807) is 0 Å². The van der Waals surface area contributed by atoms with Crippen LogP contribution in [0.15, 0.2) is 28.6 Å². The van der Waals surface area contributed by atoms with E-state index in [1.807, 2.05) is 0 Å². The number of nitrogens with two attached hydrogens (primary N) is 1. The number of aromatic carboxylic acids is 1. The monoisotopic (exact) mass is 358 g/mol. The van der Waals surface area contributed by atoms with Gasteiger partial charge in [-0.3, -0.25) is 4.79 Å². The van der Waals surface area contributed by atoms with Gasteiger partial charge in [0.25, 0.3) is 0 Å². The lowest BCUT2D eigenvalue weighted by molar-refractivity contribution is -0.114. The number of nitrogens with one attached hydrogen (secondary N) is 2. The molecule has 1 atom stereocenters. The third-order valence-electron chi connectivity index (χ3n) is 2.57. The number of aromatic nitrogens is 1. The summed E-state index contributed by atoms with van der Waals surface area (Å²) >= 11 is -0.934. The van der Waals surface area contributed by atoms with Gasteiger partial charge in [0.1, 0.15) is 11.4 Å². The SMILES string of the molecule is NCC(=O)Nc1ccc([S+]([O-])Nc2scnc2C(=O)O)cc1F. The molecule has 1 heterocycles.